The van der Waals surface area contributed by atoms with Crippen molar-refractivity contribution in [2.45, 2.75) is 20.1 Å². The zero-order valence-electron chi connectivity index (χ0n) is 11.2. The molecule has 0 aliphatic carbocycles. The Hall–Kier alpha value is -2.33. The SMILES string of the molecule is Cc1cccc(C(=O)O)c1OCc1ccc(CO)cc1. The Morgan fingerprint density at radius 3 is 2.35 bits per heavy atom. The van der Waals surface area contributed by atoms with E-state index in [0.29, 0.717) is 5.75 Å². The summed E-state index contributed by atoms with van der Waals surface area (Å²) in [6.07, 6.45) is 0. The first-order chi connectivity index (χ1) is 9.61. The lowest BCUT2D eigenvalue weighted by atomic mass is 10.1. The van der Waals surface area contributed by atoms with E-state index in [1.165, 1.54) is 6.07 Å². The van der Waals surface area contributed by atoms with Gasteiger partial charge in [0.1, 0.15) is 17.9 Å². The van der Waals surface area contributed by atoms with E-state index in [1.807, 2.05) is 37.3 Å². The number of aliphatic hydroxyl groups is 1. The van der Waals surface area contributed by atoms with Gasteiger partial charge in [-0.3, -0.25) is 0 Å². The van der Waals surface area contributed by atoms with Crippen LogP contribution in [0.4, 0.5) is 0 Å². The third-order valence-corrected chi connectivity index (χ3v) is 3.03. The van der Waals surface area contributed by atoms with Crippen LogP contribution < -0.4 is 4.74 Å². The van der Waals surface area contributed by atoms with Gasteiger partial charge in [-0.05, 0) is 29.7 Å². The number of aliphatic hydroxyl groups excluding tert-OH is 1. The quantitative estimate of drug-likeness (QED) is 0.878. The summed E-state index contributed by atoms with van der Waals surface area (Å²) in [6, 6.07) is 12.4. The van der Waals surface area contributed by atoms with Gasteiger partial charge in [0.15, 0.2) is 0 Å². The lowest BCUT2D eigenvalue weighted by Crippen LogP contribution is -2.05. The molecule has 0 fully saturated rings. The van der Waals surface area contributed by atoms with Crippen molar-refractivity contribution in [1.82, 2.24) is 0 Å². The van der Waals surface area contributed by atoms with Crippen molar-refractivity contribution < 1.29 is 19.7 Å². The van der Waals surface area contributed by atoms with Crippen molar-refractivity contribution in [1.29, 1.82) is 0 Å². The van der Waals surface area contributed by atoms with E-state index < -0.39 is 5.97 Å². The molecule has 0 aliphatic rings. The van der Waals surface area contributed by atoms with Gasteiger partial charge in [0.05, 0.1) is 6.61 Å². The van der Waals surface area contributed by atoms with Crippen LogP contribution in [0.25, 0.3) is 0 Å². The average molecular weight is 272 g/mol. The minimum absolute atomic E-state index is 0.00208. The number of benzene rings is 2. The Kier molecular flexibility index (Phi) is 4.38. The van der Waals surface area contributed by atoms with Gasteiger partial charge < -0.3 is 14.9 Å². The minimum atomic E-state index is -1.00. The van der Waals surface area contributed by atoms with Crippen molar-refractivity contribution >= 4 is 5.97 Å². The van der Waals surface area contributed by atoms with Crippen molar-refractivity contribution in [2.24, 2.45) is 0 Å². The number of hydrogen-bond donors (Lipinski definition) is 2. The van der Waals surface area contributed by atoms with Gasteiger partial charge in [0, 0.05) is 0 Å². The molecule has 0 atom stereocenters. The van der Waals surface area contributed by atoms with Gasteiger partial charge in [-0.25, -0.2) is 4.79 Å². The molecule has 0 saturated heterocycles. The van der Waals surface area contributed by atoms with Gasteiger partial charge in [-0.15, -0.1) is 0 Å². The predicted molar refractivity (Wildman–Crippen MR) is 74.8 cm³/mol. The molecule has 0 bridgehead atoms. The summed E-state index contributed by atoms with van der Waals surface area (Å²) in [5.74, 6) is -0.606. The molecule has 0 aliphatic heterocycles. The van der Waals surface area contributed by atoms with E-state index in [-0.39, 0.29) is 18.8 Å². The van der Waals surface area contributed by atoms with Gasteiger partial charge in [-0.2, -0.15) is 0 Å². The normalized spacial score (nSPS) is 10.3. The number of carboxylic acid groups (broad SMARTS) is 1. The van der Waals surface area contributed by atoms with Crippen LogP contribution in [-0.4, -0.2) is 16.2 Å². The highest BCUT2D eigenvalue weighted by atomic mass is 16.5. The number of aromatic carboxylic acids is 1. The Balaban J connectivity index is 2.16. The second kappa shape index (κ2) is 6.21. The first-order valence-electron chi connectivity index (χ1n) is 6.26. The topological polar surface area (TPSA) is 66.8 Å². The Labute approximate surface area is 117 Å². The van der Waals surface area contributed by atoms with Crippen molar-refractivity contribution in [3.05, 3.63) is 64.7 Å². The predicted octanol–water partition coefficient (Wildman–Crippen LogP) is 2.76. The first kappa shape index (κ1) is 14.1. The number of carbonyl (C=O) groups is 1. The van der Waals surface area contributed by atoms with Crippen LogP contribution in [-0.2, 0) is 13.2 Å². The maximum atomic E-state index is 11.2. The lowest BCUT2D eigenvalue weighted by Gasteiger charge is -2.12. The summed E-state index contributed by atoms with van der Waals surface area (Å²) in [4.78, 5) is 11.2. The van der Waals surface area contributed by atoms with E-state index >= 15 is 0 Å². The van der Waals surface area contributed by atoms with Gasteiger partial charge >= 0.3 is 5.97 Å². The number of hydrogen-bond acceptors (Lipinski definition) is 3. The fraction of sp³-hybridized carbons (Fsp3) is 0.188. The molecule has 2 aromatic rings. The average Bonchev–Trinajstić information content (AvgIpc) is 2.46. The summed E-state index contributed by atoms with van der Waals surface area (Å²) in [5.41, 5.74) is 2.70. The van der Waals surface area contributed by atoms with Crippen LogP contribution >= 0.6 is 0 Å². The summed E-state index contributed by atoms with van der Waals surface area (Å²) in [6.45, 7) is 2.11. The summed E-state index contributed by atoms with van der Waals surface area (Å²) in [7, 11) is 0. The lowest BCUT2D eigenvalue weighted by molar-refractivity contribution is 0.0691. The zero-order valence-corrected chi connectivity index (χ0v) is 11.2. The van der Waals surface area contributed by atoms with Crippen LogP contribution in [0.3, 0.4) is 0 Å². The number of para-hydroxylation sites is 1. The number of rotatable bonds is 5. The van der Waals surface area contributed by atoms with Crippen LogP contribution in [0.15, 0.2) is 42.5 Å². The largest absolute Gasteiger partial charge is 0.488 e. The fourth-order valence-electron chi connectivity index (χ4n) is 1.91. The highest BCUT2D eigenvalue weighted by molar-refractivity contribution is 5.91. The molecule has 20 heavy (non-hydrogen) atoms. The molecule has 0 radical (unpaired) electrons. The van der Waals surface area contributed by atoms with Crippen molar-refractivity contribution in [2.75, 3.05) is 0 Å². The summed E-state index contributed by atoms with van der Waals surface area (Å²) < 4.78 is 5.65. The molecule has 104 valence electrons. The smallest absolute Gasteiger partial charge is 0.339 e. The molecule has 4 nitrogen and oxygen atoms in total. The first-order valence-corrected chi connectivity index (χ1v) is 6.26. The summed E-state index contributed by atoms with van der Waals surface area (Å²) >= 11 is 0. The van der Waals surface area contributed by atoms with Crippen LogP contribution in [0, 0.1) is 6.92 Å². The highest BCUT2D eigenvalue weighted by Gasteiger charge is 2.13. The molecule has 0 saturated carbocycles. The molecular formula is C16H16O4. The maximum absolute atomic E-state index is 11.2. The second-order valence-electron chi connectivity index (χ2n) is 4.52. The van der Waals surface area contributed by atoms with Crippen LogP contribution in [0.5, 0.6) is 5.75 Å². The number of ether oxygens (including phenoxy) is 1. The molecule has 0 heterocycles. The number of aryl methyl sites for hydroxylation is 1. The third kappa shape index (κ3) is 3.16. The Morgan fingerprint density at radius 2 is 1.75 bits per heavy atom. The van der Waals surface area contributed by atoms with Crippen LogP contribution in [0.1, 0.15) is 27.0 Å². The maximum Gasteiger partial charge on any atom is 0.339 e. The molecule has 0 unspecified atom stereocenters. The van der Waals surface area contributed by atoms with Gasteiger partial charge in [-0.1, -0.05) is 36.4 Å². The molecule has 0 amide bonds. The van der Waals surface area contributed by atoms with Gasteiger partial charge in [0.25, 0.3) is 0 Å². The van der Waals surface area contributed by atoms with E-state index in [9.17, 15) is 4.79 Å². The van der Waals surface area contributed by atoms with Crippen molar-refractivity contribution in [3.63, 3.8) is 0 Å². The standard InChI is InChI=1S/C16H16O4/c1-11-3-2-4-14(16(18)19)15(11)20-10-13-7-5-12(9-17)6-8-13/h2-8,17H,9-10H2,1H3,(H,18,19). The molecule has 0 aromatic heterocycles. The molecule has 0 spiro atoms. The van der Waals surface area contributed by atoms with E-state index in [0.717, 1.165) is 16.7 Å². The van der Waals surface area contributed by atoms with Gasteiger partial charge in [0.2, 0.25) is 0 Å². The monoisotopic (exact) mass is 272 g/mol. The second-order valence-corrected chi connectivity index (χ2v) is 4.52. The molecular weight excluding hydrogens is 256 g/mol. The van der Waals surface area contributed by atoms with E-state index in [2.05, 4.69) is 0 Å². The van der Waals surface area contributed by atoms with Crippen LogP contribution in [0.2, 0.25) is 0 Å². The minimum Gasteiger partial charge on any atom is -0.488 e. The molecule has 4 heteroatoms. The Morgan fingerprint density at radius 1 is 1.10 bits per heavy atom. The highest BCUT2D eigenvalue weighted by Crippen LogP contribution is 2.24. The Bertz CT molecular complexity index is 602. The molecule has 2 rings (SSSR count). The summed E-state index contributed by atoms with van der Waals surface area (Å²) in [5, 5.41) is 18.1. The van der Waals surface area contributed by atoms with Crippen molar-refractivity contribution in [3.8, 4) is 5.75 Å². The zero-order chi connectivity index (χ0) is 14.5. The fourth-order valence-corrected chi connectivity index (χ4v) is 1.91. The van der Waals surface area contributed by atoms with E-state index in [4.69, 9.17) is 14.9 Å². The molecule has 2 N–H and O–H groups in total. The van der Waals surface area contributed by atoms with E-state index in [1.54, 1.807) is 6.07 Å². The number of carboxylic acids is 1. The molecule has 2 aromatic carbocycles. The third-order valence-electron chi connectivity index (χ3n) is 3.03.